The molecular weight excluding hydrogens is 366 g/mol. The molecule has 0 N–H and O–H groups in total. The Morgan fingerprint density at radius 2 is 1.07 bits per heavy atom. The molecule has 0 bridgehead atoms. The number of Topliss-reactive ketones (excluding diaryl/α,β-unsaturated/α-hetero) is 4. The van der Waals surface area contributed by atoms with E-state index in [4.69, 9.17) is 0 Å². The van der Waals surface area contributed by atoms with E-state index in [0.717, 1.165) is 12.8 Å². The highest BCUT2D eigenvalue weighted by molar-refractivity contribution is 5.99. The van der Waals surface area contributed by atoms with Gasteiger partial charge < -0.3 is 0 Å². The lowest BCUT2D eigenvalue weighted by Gasteiger charge is -2.42. The highest BCUT2D eigenvalue weighted by atomic mass is 19.3. The van der Waals surface area contributed by atoms with Crippen molar-refractivity contribution in [1.29, 1.82) is 0 Å². The summed E-state index contributed by atoms with van der Waals surface area (Å²) in [6, 6.07) is 0. The number of ketones is 4. The summed E-state index contributed by atoms with van der Waals surface area (Å²) in [6.45, 7) is 13.8. The van der Waals surface area contributed by atoms with Crippen molar-refractivity contribution in [2.75, 3.05) is 0 Å². The van der Waals surface area contributed by atoms with Gasteiger partial charge in [-0.3, -0.25) is 19.2 Å². The molecule has 28 heavy (non-hydrogen) atoms. The Morgan fingerprint density at radius 1 is 0.750 bits per heavy atom. The summed E-state index contributed by atoms with van der Waals surface area (Å²) in [5.74, 6) is -2.05. The number of alkyl halides is 2. The van der Waals surface area contributed by atoms with Crippen LogP contribution in [0.3, 0.4) is 0 Å². The fraction of sp³-hybridized carbons (Fsp3) is 0.727. The fourth-order valence-electron chi connectivity index (χ4n) is 3.71. The van der Waals surface area contributed by atoms with Crippen LogP contribution in [0.25, 0.3) is 0 Å². The van der Waals surface area contributed by atoms with Gasteiger partial charge in [-0.15, -0.1) is 0 Å². The molecule has 158 valence electrons. The zero-order valence-electron chi connectivity index (χ0n) is 17.8. The van der Waals surface area contributed by atoms with Gasteiger partial charge in [0.1, 0.15) is 23.1 Å². The van der Waals surface area contributed by atoms with Crippen LogP contribution in [0.4, 0.5) is 8.78 Å². The van der Waals surface area contributed by atoms with Crippen LogP contribution in [0.5, 0.6) is 0 Å². The van der Waals surface area contributed by atoms with Crippen molar-refractivity contribution >= 4 is 23.1 Å². The van der Waals surface area contributed by atoms with E-state index in [0.29, 0.717) is 18.6 Å². The van der Waals surface area contributed by atoms with Crippen LogP contribution in [0.2, 0.25) is 0 Å². The van der Waals surface area contributed by atoms with Crippen molar-refractivity contribution in [1.82, 2.24) is 0 Å². The minimum atomic E-state index is -2.58. The molecule has 0 unspecified atom stereocenters. The van der Waals surface area contributed by atoms with Crippen LogP contribution in [0.1, 0.15) is 80.1 Å². The molecule has 0 saturated heterocycles. The van der Waals surface area contributed by atoms with E-state index in [2.05, 4.69) is 6.58 Å². The second-order valence-electron chi connectivity index (χ2n) is 9.56. The van der Waals surface area contributed by atoms with Gasteiger partial charge in [0.2, 0.25) is 5.92 Å². The van der Waals surface area contributed by atoms with Gasteiger partial charge >= 0.3 is 0 Å². The second kappa shape index (κ2) is 7.96. The molecule has 3 fully saturated rings. The maximum absolute atomic E-state index is 12.2. The fourth-order valence-corrected chi connectivity index (χ4v) is 3.71. The standard InChI is InChI=1S/C8H12O.C7H10F2O.C7H10O2/c1-6-4-8(3,5-6)7(2)9;1-5(10)6(2)3-7(8,9)4-6;1-5(8)7(2)3-6(9)4-7/h1,4-5H2,2-3H3;3-4H2,1-2H3;3-4H2,1-2H3. The van der Waals surface area contributed by atoms with E-state index in [1.54, 1.807) is 20.8 Å². The Labute approximate surface area is 166 Å². The van der Waals surface area contributed by atoms with Gasteiger partial charge in [-0.25, -0.2) is 8.78 Å². The summed E-state index contributed by atoms with van der Waals surface area (Å²) in [4.78, 5) is 42.8. The first kappa shape index (κ1) is 24.3. The second-order valence-corrected chi connectivity index (χ2v) is 9.56. The molecule has 0 radical (unpaired) electrons. The molecular formula is C22H32F2O4. The van der Waals surface area contributed by atoms with Crippen molar-refractivity contribution in [2.24, 2.45) is 16.2 Å². The minimum absolute atomic E-state index is 0.0446. The Morgan fingerprint density at radius 3 is 1.18 bits per heavy atom. The zero-order chi connectivity index (χ0) is 22.1. The number of carbonyl (C=O) groups is 4. The molecule has 0 aromatic rings. The third-order valence-corrected chi connectivity index (χ3v) is 6.30. The van der Waals surface area contributed by atoms with Gasteiger partial charge in [0.25, 0.3) is 0 Å². The van der Waals surface area contributed by atoms with E-state index in [1.807, 2.05) is 13.8 Å². The van der Waals surface area contributed by atoms with Crippen LogP contribution in [-0.4, -0.2) is 29.1 Å². The van der Waals surface area contributed by atoms with Crippen LogP contribution < -0.4 is 0 Å². The summed E-state index contributed by atoms with van der Waals surface area (Å²) < 4.78 is 24.5. The van der Waals surface area contributed by atoms with Crippen molar-refractivity contribution in [3.05, 3.63) is 12.2 Å². The van der Waals surface area contributed by atoms with Crippen LogP contribution in [0, 0.1) is 16.2 Å². The summed E-state index contributed by atoms with van der Waals surface area (Å²) in [7, 11) is 0. The van der Waals surface area contributed by atoms with Gasteiger partial charge in [0.15, 0.2) is 0 Å². The molecule has 0 heterocycles. The smallest absolute Gasteiger partial charge is 0.250 e. The molecule has 0 atom stereocenters. The molecule has 6 heteroatoms. The monoisotopic (exact) mass is 398 g/mol. The molecule has 3 rings (SSSR count). The van der Waals surface area contributed by atoms with Crippen LogP contribution in [-0.2, 0) is 19.2 Å². The Hall–Kier alpha value is -1.72. The van der Waals surface area contributed by atoms with Crippen molar-refractivity contribution in [2.45, 2.75) is 86.0 Å². The van der Waals surface area contributed by atoms with E-state index >= 15 is 0 Å². The van der Waals surface area contributed by atoms with Crippen molar-refractivity contribution in [3.63, 3.8) is 0 Å². The number of allylic oxidation sites excluding steroid dienone is 1. The lowest BCUT2D eigenvalue weighted by atomic mass is 9.65. The average molecular weight is 398 g/mol. The number of carbonyl (C=O) groups excluding carboxylic acids is 4. The summed E-state index contributed by atoms with van der Waals surface area (Å²) in [5.41, 5.74) is 0.144. The Kier molecular flexibility index (Phi) is 6.91. The maximum atomic E-state index is 12.2. The lowest BCUT2D eigenvalue weighted by Crippen LogP contribution is -2.48. The summed E-state index contributed by atoms with van der Waals surface area (Å²) in [6.07, 6.45) is 2.19. The molecule has 0 spiro atoms. The van der Waals surface area contributed by atoms with E-state index in [-0.39, 0.29) is 41.0 Å². The molecule has 0 amide bonds. The van der Waals surface area contributed by atoms with Crippen molar-refractivity contribution < 1.29 is 28.0 Å². The largest absolute Gasteiger partial charge is 0.300 e. The quantitative estimate of drug-likeness (QED) is 0.635. The van der Waals surface area contributed by atoms with Gasteiger partial charge in [-0.05, 0) is 33.6 Å². The van der Waals surface area contributed by atoms with Crippen LogP contribution >= 0.6 is 0 Å². The first-order chi connectivity index (χ1) is 12.4. The topological polar surface area (TPSA) is 68.3 Å². The molecule has 3 saturated carbocycles. The van der Waals surface area contributed by atoms with Gasteiger partial charge in [0.05, 0.1) is 0 Å². The zero-order valence-corrected chi connectivity index (χ0v) is 17.8. The normalized spacial score (nSPS) is 24.6. The highest BCUT2D eigenvalue weighted by Gasteiger charge is 2.56. The molecule has 0 aromatic carbocycles. The molecule has 4 nitrogen and oxygen atoms in total. The van der Waals surface area contributed by atoms with Crippen LogP contribution in [0.15, 0.2) is 12.2 Å². The number of rotatable bonds is 3. The van der Waals surface area contributed by atoms with Gasteiger partial charge in [0, 0.05) is 41.9 Å². The lowest BCUT2D eigenvalue weighted by molar-refractivity contribution is -0.170. The van der Waals surface area contributed by atoms with E-state index in [9.17, 15) is 28.0 Å². The molecule has 0 aromatic heterocycles. The third-order valence-electron chi connectivity index (χ3n) is 6.30. The summed E-state index contributed by atoms with van der Waals surface area (Å²) >= 11 is 0. The highest BCUT2D eigenvalue weighted by Crippen LogP contribution is 2.52. The maximum Gasteiger partial charge on any atom is 0.250 e. The first-order valence-electron chi connectivity index (χ1n) is 9.54. The predicted molar refractivity (Wildman–Crippen MR) is 103 cm³/mol. The van der Waals surface area contributed by atoms with E-state index < -0.39 is 11.3 Å². The Bertz CT molecular complexity index is 641. The Balaban J connectivity index is 0.000000210. The predicted octanol–water partition coefficient (Wildman–Crippen LogP) is 4.89. The third kappa shape index (κ3) is 5.65. The van der Waals surface area contributed by atoms with Gasteiger partial charge in [-0.2, -0.15) is 0 Å². The van der Waals surface area contributed by atoms with E-state index in [1.165, 1.54) is 12.5 Å². The average Bonchev–Trinajstić information content (AvgIpc) is 2.43. The van der Waals surface area contributed by atoms with Gasteiger partial charge in [-0.1, -0.05) is 32.9 Å². The number of halogens is 2. The number of hydrogen-bond acceptors (Lipinski definition) is 4. The molecule has 0 aliphatic heterocycles. The minimum Gasteiger partial charge on any atom is -0.300 e. The SMILES string of the molecule is C=C1CC(C)(C(C)=O)C1.CC(=O)C1(C)CC(=O)C1.CC(=O)C1(C)CC(F)(F)C1. The van der Waals surface area contributed by atoms with Crippen molar-refractivity contribution in [3.8, 4) is 0 Å². The molecule has 3 aliphatic rings. The first-order valence-corrected chi connectivity index (χ1v) is 9.54. The summed E-state index contributed by atoms with van der Waals surface area (Å²) in [5, 5.41) is 0. The molecule has 3 aliphatic carbocycles. The number of hydrogen-bond donors (Lipinski definition) is 0.